The van der Waals surface area contributed by atoms with Crippen LogP contribution in [-0.2, 0) is 11.3 Å². The van der Waals surface area contributed by atoms with Crippen molar-refractivity contribution in [1.82, 2.24) is 0 Å². The van der Waals surface area contributed by atoms with Crippen LogP contribution in [0.2, 0.25) is 10.0 Å². The average molecular weight is 395 g/mol. The molecule has 2 rings (SSSR count). The lowest BCUT2D eigenvalue weighted by molar-refractivity contribution is -0.925. The van der Waals surface area contributed by atoms with Crippen molar-refractivity contribution in [2.24, 2.45) is 0 Å². The minimum absolute atomic E-state index is 0.0593. The van der Waals surface area contributed by atoms with E-state index in [0.717, 1.165) is 18.8 Å². The maximum atomic E-state index is 12.7. The Morgan fingerprint density at radius 2 is 1.81 bits per heavy atom. The van der Waals surface area contributed by atoms with Crippen molar-refractivity contribution in [3.63, 3.8) is 0 Å². The highest BCUT2D eigenvalue weighted by molar-refractivity contribution is 6.36. The highest BCUT2D eigenvalue weighted by Gasteiger charge is 2.24. The molecular formula is C20H26Cl2N3O+. The summed E-state index contributed by atoms with van der Waals surface area (Å²) >= 11 is 12.1. The molecule has 2 N–H and O–H groups in total. The molecule has 0 aliphatic carbocycles. The second-order valence-corrected chi connectivity index (χ2v) is 7.43. The van der Waals surface area contributed by atoms with Gasteiger partial charge in [-0.25, -0.2) is 0 Å². The largest absolute Gasteiger partial charge is 0.378 e. The van der Waals surface area contributed by atoms with E-state index in [9.17, 15) is 4.79 Å². The number of nitrogens with zero attached hydrogens (tertiary/aromatic N) is 1. The second-order valence-electron chi connectivity index (χ2n) is 6.58. The highest BCUT2D eigenvalue weighted by atomic mass is 35.5. The molecule has 0 aliphatic heterocycles. The number of rotatable bonds is 7. The third-order valence-corrected chi connectivity index (χ3v) is 5.08. The number of amides is 1. The molecule has 2 aromatic rings. The number of benzene rings is 2. The van der Waals surface area contributed by atoms with Gasteiger partial charge in [-0.15, -0.1) is 0 Å². The minimum Gasteiger partial charge on any atom is -0.378 e. The van der Waals surface area contributed by atoms with Gasteiger partial charge in [-0.05, 0) is 44.2 Å². The molecule has 0 aromatic heterocycles. The Labute approximate surface area is 165 Å². The van der Waals surface area contributed by atoms with Crippen molar-refractivity contribution in [2.75, 3.05) is 30.9 Å². The standard InChI is InChI=1S/C20H25Cl2N3O/c1-5-25(13-15-6-9-17(10-7-15)24(3)4)14(2)20(26)23-19-11-8-16(21)12-18(19)22/h6-12,14H,5,13H2,1-4H3,(H,23,26)/p+1/t14-/m0/s1. The lowest BCUT2D eigenvalue weighted by Crippen LogP contribution is -3.15. The molecular weight excluding hydrogens is 369 g/mol. The molecule has 0 heterocycles. The van der Waals surface area contributed by atoms with Gasteiger partial charge in [0.2, 0.25) is 0 Å². The first kappa shape index (κ1) is 20.6. The van der Waals surface area contributed by atoms with Crippen LogP contribution < -0.4 is 15.1 Å². The summed E-state index contributed by atoms with van der Waals surface area (Å²) in [5.74, 6) is -0.0593. The zero-order valence-corrected chi connectivity index (χ0v) is 17.2. The van der Waals surface area contributed by atoms with Crippen LogP contribution in [0.25, 0.3) is 0 Å². The Bertz CT molecular complexity index is 747. The van der Waals surface area contributed by atoms with Crippen molar-refractivity contribution in [3.8, 4) is 0 Å². The molecule has 0 spiro atoms. The second kappa shape index (κ2) is 9.26. The van der Waals surface area contributed by atoms with Gasteiger partial charge in [0, 0.05) is 30.4 Å². The zero-order valence-electron chi connectivity index (χ0n) is 15.6. The highest BCUT2D eigenvalue weighted by Crippen LogP contribution is 2.25. The van der Waals surface area contributed by atoms with Gasteiger partial charge in [0.25, 0.3) is 5.91 Å². The van der Waals surface area contributed by atoms with Crippen molar-refractivity contribution >= 4 is 40.5 Å². The summed E-state index contributed by atoms with van der Waals surface area (Å²) in [6.07, 6.45) is 0. The number of carbonyl (C=O) groups excluding carboxylic acids is 1. The molecule has 2 aromatic carbocycles. The van der Waals surface area contributed by atoms with Gasteiger partial charge in [-0.2, -0.15) is 0 Å². The SMILES string of the molecule is CC[NH+](Cc1ccc(N(C)C)cc1)[C@@H](C)C(=O)Nc1ccc(Cl)cc1Cl. The van der Waals surface area contributed by atoms with E-state index in [0.29, 0.717) is 15.7 Å². The number of hydrogen-bond donors (Lipinski definition) is 2. The van der Waals surface area contributed by atoms with E-state index in [4.69, 9.17) is 23.2 Å². The van der Waals surface area contributed by atoms with Gasteiger partial charge in [0.05, 0.1) is 17.3 Å². The normalized spacial score (nSPS) is 13.2. The quantitative estimate of drug-likeness (QED) is 0.753. The number of hydrogen-bond acceptors (Lipinski definition) is 2. The van der Waals surface area contributed by atoms with Crippen LogP contribution in [0, 0.1) is 0 Å². The zero-order chi connectivity index (χ0) is 19.3. The van der Waals surface area contributed by atoms with Gasteiger partial charge in [-0.3, -0.25) is 4.79 Å². The van der Waals surface area contributed by atoms with Crippen molar-refractivity contribution in [3.05, 3.63) is 58.1 Å². The summed E-state index contributed by atoms with van der Waals surface area (Å²) in [7, 11) is 4.04. The fourth-order valence-corrected chi connectivity index (χ4v) is 3.23. The van der Waals surface area contributed by atoms with Crippen LogP contribution in [0.1, 0.15) is 19.4 Å². The van der Waals surface area contributed by atoms with E-state index < -0.39 is 0 Å². The molecule has 6 heteroatoms. The Morgan fingerprint density at radius 3 is 2.35 bits per heavy atom. The average Bonchev–Trinajstić information content (AvgIpc) is 2.61. The van der Waals surface area contributed by atoms with Crippen molar-refractivity contribution < 1.29 is 9.69 Å². The number of quaternary nitrogens is 1. The monoisotopic (exact) mass is 394 g/mol. The van der Waals surface area contributed by atoms with E-state index in [-0.39, 0.29) is 11.9 Å². The molecule has 0 radical (unpaired) electrons. The lowest BCUT2D eigenvalue weighted by Gasteiger charge is -2.24. The number of anilines is 2. The van der Waals surface area contributed by atoms with E-state index in [1.165, 1.54) is 10.5 Å². The van der Waals surface area contributed by atoms with Crippen LogP contribution >= 0.6 is 23.2 Å². The molecule has 0 saturated heterocycles. The molecule has 1 amide bonds. The number of nitrogens with one attached hydrogen (secondary N) is 2. The van der Waals surface area contributed by atoms with Gasteiger partial charge in [0.1, 0.15) is 6.54 Å². The maximum absolute atomic E-state index is 12.7. The molecule has 140 valence electrons. The van der Waals surface area contributed by atoms with E-state index in [1.807, 2.05) is 21.0 Å². The lowest BCUT2D eigenvalue weighted by atomic mass is 10.1. The van der Waals surface area contributed by atoms with Crippen LogP contribution in [0.4, 0.5) is 11.4 Å². The third-order valence-electron chi connectivity index (χ3n) is 4.53. The first-order valence-corrected chi connectivity index (χ1v) is 9.44. The molecule has 2 atom stereocenters. The fourth-order valence-electron chi connectivity index (χ4n) is 2.78. The van der Waals surface area contributed by atoms with Crippen LogP contribution in [0.15, 0.2) is 42.5 Å². The van der Waals surface area contributed by atoms with Gasteiger partial charge in [-0.1, -0.05) is 35.3 Å². The first-order chi connectivity index (χ1) is 12.3. The van der Waals surface area contributed by atoms with E-state index >= 15 is 0 Å². The van der Waals surface area contributed by atoms with E-state index in [2.05, 4.69) is 41.4 Å². The Hall–Kier alpha value is -1.75. The molecule has 0 aliphatic rings. The number of halogens is 2. The molecule has 26 heavy (non-hydrogen) atoms. The number of likely N-dealkylation sites (N-methyl/N-ethyl adjacent to an activating group) is 1. The maximum Gasteiger partial charge on any atom is 0.282 e. The van der Waals surface area contributed by atoms with Crippen LogP contribution in [0.5, 0.6) is 0 Å². The molecule has 1 unspecified atom stereocenters. The first-order valence-electron chi connectivity index (χ1n) is 8.68. The molecule has 4 nitrogen and oxygen atoms in total. The summed E-state index contributed by atoms with van der Waals surface area (Å²) in [6, 6.07) is 13.3. The summed E-state index contributed by atoms with van der Waals surface area (Å²) in [6.45, 7) is 5.65. The minimum atomic E-state index is -0.208. The van der Waals surface area contributed by atoms with Crippen molar-refractivity contribution in [2.45, 2.75) is 26.4 Å². The predicted octanol–water partition coefficient (Wildman–Crippen LogP) is 3.49. The van der Waals surface area contributed by atoms with E-state index in [1.54, 1.807) is 18.2 Å². The van der Waals surface area contributed by atoms with Gasteiger partial charge >= 0.3 is 0 Å². The van der Waals surface area contributed by atoms with Gasteiger partial charge < -0.3 is 15.1 Å². The summed E-state index contributed by atoms with van der Waals surface area (Å²) < 4.78 is 0. The predicted molar refractivity (Wildman–Crippen MR) is 111 cm³/mol. The summed E-state index contributed by atoms with van der Waals surface area (Å²) in [4.78, 5) is 15.9. The Balaban J connectivity index is 2.04. The van der Waals surface area contributed by atoms with Crippen LogP contribution in [0.3, 0.4) is 0 Å². The van der Waals surface area contributed by atoms with Gasteiger partial charge in [0.15, 0.2) is 6.04 Å². The Kier molecular flexibility index (Phi) is 7.33. The fraction of sp³-hybridized carbons (Fsp3) is 0.350. The topological polar surface area (TPSA) is 36.8 Å². The summed E-state index contributed by atoms with van der Waals surface area (Å²) in [5, 5.41) is 3.89. The van der Waals surface area contributed by atoms with Crippen LogP contribution in [-0.4, -0.2) is 32.6 Å². The summed E-state index contributed by atoms with van der Waals surface area (Å²) in [5.41, 5.74) is 2.95. The third kappa shape index (κ3) is 5.37. The molecule has 0 saturated carbocycles. The smallest absolute Gasteiger partial charge is 0.282 e. The Morgan fingerprint density at radius 1 is 1.15 bits per heavy atom. The number of carbonyl (C=O) groups is 1. The van der Waals surface area contributed by atoms with Crippen molar-refractivity contribution in [1.29, 1.82) is 0 Å². The molecule has 0 fully saturated rings. The molecule has 0 bridgehead atoms.